The SMILES string of the molecule is Cc1nc2ccccc2nc1C(N)=O. The number of carbonyl (C=O) groups excluding carboxylic acids is 1. The molecule has 0 saturated carbocycles. The molecule has 0 spiro atoms. The second kappa shape index (κ2) is 3.06. The number of hydrogen-bond donors (Lipinski definition) is 1. The van der Waals surface area contributed by atoms with Gasteiger partial charge in [0.15, 0.2) is 0 Å². The lowest BCUT2D eigenvalue weighted by Gasteiger charge is -2.02. The number of amides is 1. The Morgan fingerprint density at radius 3 is 2.36 bits per heavy atom. The van der Waals surface area contributed by atoms with Gasteiger partial charge < -0.3 is 5.73 Å². The summed E-state index contributed by atoms with van der Waals surface area (Å²) in [6, 6.07) is 7.37. The second-order valence-electron chi connectivity index (χ2n) is 3.01. The summed E-state index contributed by atoms with van der Waals surface area (Å²) in [5.74, 6) is -0.541. The van der Waals surface area contributed by atoms with Gasteiger partial charge in [-0.2, -0.15) is 0 Å². The number of carbonyl (C=O) groups is 1. The van der Waals surface area contributed by atoms with Crippen LogP contribution < -0.4 is 5.73 Å². The molecule has 0 saturated heterocycles. The topological polar surface area (TPSA) is 68.9 Å². The Bertz CT molecular complexity index is 508. The molecule has 0 atom stereocenters. The van der Waals surface area contributed by atoms with Crippen molar-refractivity contribution in [3.05, 3.63) is 35.7 Å². The van der Waals surface area contributed by atoms with Crippen LogP contribution >= 0.6 is 0 Å². The van der Waals surface area contributed by atoms with Crippen LogP contribution in [0, 0.1) is 6.92 Å². The zero-order chi connectivity index (χ0) is 10.1. The number of aromatic nitrogens is 2. The van der Waals surface area contributed by atoms with Crippen LogP contribution in [-0.4, -0.2) is 15.9 Å². The van der Waals surface area contributed by atoms with Crippen molar-refractivity contribution in [2.75, 3.05) is 0 Å². The molecule has 0 aliphatic rings. The van der Waals surface area contributed by atoms with Crippen LogP contribution in [0.2, 0.25) is 0 Å². The van der Waals surface area contributed by atoms with Gasteiger partial charge in [-0.05, 0) is 19.1 Å². The van der Waals surface area contributed by atoms with Crippen molar-refractivity contribution in [1.29, 1.82) is 0 Å². The lowest BCUT2D eigenvalue weighted by Crippen LogP contribution is -2.15. The molecule has 2 aromatic rings. The van der Waals surface area contributed by atoms with Crippen LogP contribution in [-0.2, 0) is 0 Å². The smallest absolute Gasteiger partial charge is 0.269 e. The Morgan fingerprint density at radius 2 is 1.79 bits per heavy atom. The van der Waals surface area contributed by atoms with E-state index in [1.165, 1.54) is 0 Å². The van der Waals surface area contributed by atoms with Gasteiger partial charge in [0.2, 0.25) is 0 Å². The van der Waals surface area contributed by atoms with Crippen molar-refractivity contribution in [2.45, 2.75) is 6.92 Å². The fraction of sp³-hybridized carbons (Fsp3) is 0.100. The second-order valence-corrected chi connectivity index (χ2v) is 3.01. The van der Waals surface area contributed by atoms with E-state index in [2.05, 4.69) is 9.97 Å². The molecular weight excluding hydrogens is 178 g/mol. The average molecular weight is 187 g/mol. The molecule has 1 amide bonds. The predicted octanol–water partition coefficient (Wildman–Crippen LogP) is 1.04. The minimum Gasteiger partial charge on any atom is -0.364 e. The lowest BCUT2D eigenvalue weighted by atomic mass is 10.2. The summed E-state index contributed by atoms with van der Waals surface area (Å²) >= 11 is 0. The molecule has 0 aliphatic carbocycles. The number of primary amides is 1. The monoisotopic (exact) mass is 187 g/mol. The normalized spacial score (nSPS) is 10.4. The van der Waals surface area contributed by atoms with Crippen LogP contribution in [0.1, 0.15) is 16.2 Å². The number of benzene rings is 1. The van der Waals surface area contributed by atoms with Crippen molar-refractivity contribution in [1.82, 2.24) is 9.97 Å². The fourth-order valence-electron chi connectivity index (χ4n) is 1.32. The molecule has 4 nitrogen and oxygen atoms in total. The number of rotatable bonds is 1. The van der Waals surface area contributed by atoms with E-state index in [0.29, 0.717) is 11.2 Å². The zero-order valence-corrected chi connectivity index (χ0v) is 7.69. The maximum absolute atomic E-state index is 11.0. The quantitative estimate of drug-likeness (QED) is 0.725. The third kappa shape index (κ3) is 1.31. The Balaban J connectivity index is 2.77. The summed E-state index contributed by atoms with van der Waals surface area (Å²) in [7, 11) is 0. The van der Waals surface area contributed by atoms with E-state index in [1.807, 2.05) is 18.2 Å². The number of hydrogen-bond acceptors (Lipinski definition) is 3. The maximum atomic E-state index is 11.0. The van der Waals surface area contributed by atoms with Gasteiger partial charge in [-0.15, -0.1) is 0 Å². The van der Waals surface area contributed by atoms with E-state index in [1.54, 1.807) is 13.0 Å². The van der Waals surface area contributed by atoms with Crippen LogP contribution in [0.5, 0.6) is 0 Å². The van der Waals surface area contributed by atoms with Crippen molar-refractivity contribution in [2.24, 2.45) is 5.73 Å². The van der Waals surface area contributed by atoms with Crippen LogP contribution in [0.25, 0.3) is 11.0 Å². The Labute approximate surface area is 80.8 Å². The van der Waals surface area contributed by atoms with Gasteiger partial charge in [-0.1, -0.05) is 12.1 Å². The molecule has 14 heavy (non-hydrogen) atoms. The van der Waals surface area contributed by atoms with Gasteiger partial charge in [0.1, 0.15) is 5.69 Å². The summed E-state index contributed by atoms with van der Waals surface area (Å²) in [5.41, 5.74) is 7.43. The summed E-state index contributed by atoms with van der Waals surface area (Å²) < 4.78 is 0. The molecule has 2 rings (SSSR count). The first kappa shape index (κ1) is 8.62. The number of nitrogens with two attached hydrogens (primary N) is 1. The molecular formula is C10H9N3O. The first-order chi connectivity index (χ1) is 6.68. The first-order valence-electron chi connectivity index (χ1n) is 4.21. The van der Waals surface area contributed by atoms with Crippen molar-refractivity contribution < 1.29 is 4.79 Å². The molecule has 70 valence electrons. The molecule has 1 aromatic heterocycles. The van der Waals surface area contributed by atoms with Gasteiger partial charge >= 0.3 is 0 Å². The van der Waals surface area contributed by atoms with E-state index in [0.717, 1.165) is 5.52 Å². The molecule has 1 aromatic carbocycles. The first-order valence-corrected chi connectivity index (χ1v) is 4.21. The molecule has 1 heterocycles. The highest BCUT2D eigenvalue weighted by Crippen LogP contribution is 2.11. The largest absolute Gasteiger partial charge is 0.364 e. The van der Waals surface area contributed by atoms with E-state index in [-0.39, 0.29) is 5.69 Å². The van der Waals surface area contributed by atoms with Crippen LogP contribution in [0.4, 0.5) is 0 Å². The molecule has 0 bridgehead atoms. The van der Waals surface area contributed by atoms with Gasteiger partial charge in [-0.3, -0.25) is 4.79 Å². The van der Waals surface area contributed by atoms with E-state index in [9.17, 15) is 4.79 Å². The van der Waals surface area contributed by atoms with Crippen LogP contribution in [0.15, 0.2) is 24.3 Å². The summed E-state index contributed by atoms with van der Waals surface area (Å²) in [4.78, 5) is 19.4. The van der Waals surface area contributed by atoms with E-state index < -0.39 is 5.91 Å². The maximum Gasteiger partial charge on any atom is 0.269 e. The predicted molar refractivity (Wildman–Crippen MR) is 52.8 cm³/mol. The van der Waals surface area contributed by atoms with Gasteiger partial charge in [0, 0.05) is 0 Å². The van der Waals surface area contributed by atoms with Crippen LogP contribution in [0.3, 0.4) is 0 Å². The standard InChI is InChI=1S/C10H9N3O/c1-6-9(10(11)14)13-8-5-3-2-4-7(8)12-6/h2-5H,1H3,(H2,11,14). The van der Waals surface area contributed by atoms with Gasteiger partial charge in [0.25, 0.3) is 5.91 Å². The molecule has 4 heteroatoms. The lowest BCUT2D eigenvalue weighted by molar-refractivity contribution is 0.0995. The fourth-order valence-corrected chi connectivity index (χ4v) is 1.32. The molecule has 0 unspecified atom stereocenters. The Morgan fingerprint density at radius 1 is 1.21 bits per heavy atom. The number of aryl methyl sites for hydroxylation is 1. The van der Waals surface area contributed by atoms with E-state index >= 15 is 0 Å². The average Bonchev–Trinajstić information content (AvgIpc) is 2.16. The van der Waals surface area contributed by atoms with Gasteiger partial charge in [0.05, 0.1) is 16.7 Å². The third-order valence-electron chi connectivity index (χ3n) is 1.98. The summed E-state index contributed by atoms with van der Waals surface area (Å²) in [6.07, 6.45) is 0. The highest BCUT2D eigenvalue weighted by Gasteiger charge is 2.08. The number of para-hydroxylation sites is 2. The van der Waals surface area contributed by atoms with Gasteiger partial charge in [-0.25, -0.2) is 9.97 Å². The van der Waals surface area contributed by atoms with Crippen molar-refractivity contribution in [3.63, 3.8) is 0 Å². The van der Waals surface area contributed by atoms with Crippen molar-refractivity contribution >= 4 is 16.9 Å². The Kier molecular flexibility index (Phi) is 1.89. The number of fused-ring (bicyclic) bond motifs is 1. The Hall–Kier alpha value is -1.97. The molecule has 2 N–H and O–H groups in total. The minimum absolute atomic E-state index is 0.240. The third-order valence-corrected chi connectivity index (χ3v) is 1.98. The highest BCUT2D eigenvalue weighted by molar-refractivity contribution is 5.93. The summed E-state index contributed by atoms with van der Waals surface area (Å²) in [5, 5.41) is 0. The highest BCUT2D eigenvalue weighted by atomic mass is 16.1. The van der Waals surface area contributed by atoms with Crippen molar-refractivity contribution in [3.8, 4) is 0 Å². The number of nitrogens with zero attached hydrogens (tertiary/aromatic N) is 2. The zero-order valence-electron chi connectivity index (χ0n) is 7.69. The van der Waals surface area contributed by atoms with E-state index in [4.69, 9.17) is 5.73 Å². The molecule has 0 fully saturated rings. The minimum atomic E-state index is -0.541. The molecule has 0 radical (unpaired) electrons. The summed E-state index contributed by atoms with van der Waals surface area (Å²) in [6.45, 7) is 1.72. The molecule has 0 aliphatic heterocycles.